The highest BCUT2D eigenvalue weighted by Crippen LogP contribution is 2.23. The van der Waals surface area contributed by atoms with E-state index in [9.17, 15) is 0 Å². The lowest BCUT2D eigenvalue weighted by molar-refractivity contribution is 0.836. The van der Waals surface area contributed by atoms with E-state index in [4.69, 9.17) is 12.2 Å². The van der Waals surface area contributed by atoms with Gasteiger partial charge in [0.2, 0.25) is 4.77 Å². The van der Waals surface area contributed by atoms with Crippen LogP contribution in [0.3, 0.4) is 0 Å². The second kappa shape index (κ2) is 5.29. The highest BCUT2D eigenvalue weighted by atomic mass is 32.1. The maximum absolute atomic E-state index is 4.99. The first-order valence-corrected chi connectivity index (χ1v) is 7.27. The van der Waals surface area contributed by atoms with Crippen LogP contribution in [0.15, 0.2) is 30.5 Å². The molecule has 2 N–H and O–H groups in total. The number of aromatic amines is 2. The summed E-state index contributed by atoms with van der Waals surface area (Å²) in [7, 11) is 0. The van der Waals surface area contributed by atoms with Crippen molar-refractivity contribution < 1.29 is 0 Å². The molecule has 2 aromatic heterocycles. The van der Waals surface area contributed by atoms with Crippen molar-refractivity contribution in [2.24, 2.45) is 0 Å². The molecule has 1 aromatic carbocycles. The highest BCUT2D eigenvalue weighted by Gasteiger charge is 2.12. The fourth-order valence-electron chi connectivity index (χ4n) is 2.30. The monoisotopic (exact) mass is 299 g/mol. The molecule has 0 saturated carbocycles. The van der Waals surface area contributed by atoms with Crippen molar-refractivity contribution >= 4 is 12.2 Å². The van der Waals surface area contributed by atoms with Gasteiger partial charge in [0.05, 0.1) is 23.1 Å². The maximum Gasteiger partial charge on any atom is 0.213 e. The van der Waals surface area contributed by atoms with Crippen LogP contribution in [0, 0.1) is 11.7 Å². The Balaban J connectivity index is 2.00. The lowest BCUT2D eigenvalue weighted by Gasteiger charge is -2.08. The predicted molar refractivity (Wildman–Crippen MR) is 85.2 cm³/mol. The third-order valence-corrected chi connectivity index (χ3v) is 3.76. The summed E-state index contributed by atoms with van der Waals surface area (Å²) in [5.74, 6) is 1.24. The van der Waals surface area contributed by atoms with Gasteiger partial charge in [0.1, 0.15) is 0 Å². The minimum absolute atomic E-state index is 0.443. The van der Waals surface area contributed by atoms with Gasteiger partial charge in [0.25, 0.3) is 0 Å². The molecule has 3 rings (SSSR count). The van der Waals surface area contributed by atoms with Gasteiger partial charge in [-0.1, -0.05) is 26.0 Å². The van der Waals surface area contributed by atoms with Gasteiger partial charge in [-0.05, 0) is 42.8 Å². The van der Waals surface area contributed by atoms with Gasteiger partial charge in [-0.3, -0.25) is 10.2 Å². The quantitative estimate of drug-likeness (QED) is 0.724. The third-order valence-electron chi connectivity index (χ3n) is 3.57. The molecule has 108 valence electrons. The summed E-state index contributed by atoms with van der Waals surface area (Å²) in [6.07, 6.45) is 1.80. The first-order valence-electron chi connectivity index (χ1n) is 6.86. The maximum atomic E-state index is 4.99. The second-order valence-corrected chi connectivity index (χ2v) is 5.70. The summed E-state index contributed by atoms with van der Waals surface area (Å²) in [5, 5.41) is 10.2. The van der Waals surface area contributed by atoms with Crippen molar-refractivity contribution in [3.63, 3.8) is 0 Å². The van der Waals surface area contributed by atoms with Crippen molar-refractivity contribution in [2.75, 3.05) is 0 Å². The van der Waals surface area contributed by atoms with Crippen molar-refractivity contribution in [2.45, 2.75) is 26.7 Å². The number of rotatable bonds is 3. The van der Waals surface area contributed by atoms with Crippen molar-refractivity contribution in [3.05, 3.63) is 46.5 Å². The lowest BCUT2D eigenvalue weighted by Crippen LogP contribution is -1.99. The summed E-state index contributed by atoms with van der Waals surface area (Å²) < 4.78 is 2.35. The minimum Gasteiger partial charge on any atom is -0.282 e. The average Bonchev–Trinajstić information content (AvgIpc) is 3.05. The topological polar surface area (TPSA) is 62.3 Å². The number of benzene rings is 1. The molecule has 0 aliphatic heterocycles. The largest absolute Gasteiger partial charge is 0.282 e. The highest BCUT2D eigenvalue weighted by molar-refractivity contribution is 7.71. The second-order valence-electron chi connectivity index (χ2n) is 5.32. The molecule has 2 heterocycles. The van der Waals surface area contributed by atoms with E-state index in [0.717, 1.165) is 16.9 Å². The molecule has 0 saturated heterocycles. The van der Waals surface area contributed by atoms with Crippen molar-refractivity contribution in [1.82, 2.24) is 25.0 Å². The normalized spacial score (nSPS) is 11.2. The van der Waals surface area contributed by atoms with Crippen LogP contribution in [-0.4, -0.2) is 25.0 Å². The van der Waals surface area contributed by atoms with Crippen molar-refractivity contribution in [1.29, 1.82) is 0 Å². The fourth-order valence-corrected chi connectivity index (χ4v) is 2.44. The van der Waals surface area contributed by atoms with E-state index in [1.54, 1.807) is 6.20 Å². The van der Waals surface area contributed by atoms with E-state index in [-0.39, 0.29) is 0 Å². The molecular formula is C15H17N5S. The molecule has 0 unspecified atom stereocenters. The van der Waals surface area contributed by atoms with Gasteiger partial charge in [0.15, 0.2) is 5.82 Å². The van der Waals surface area contributed by atoms with Gasteiger partial charge >= 0.3 is 0 Å². The lowest BCUT2D eigenvalue weighted by atomic mass is 10.0. The van der Waals surface area contributed by atoms with Crippen LogP contribution in [0.4, 0.5) is 0 Å². The molecule has 5 nitrogen and oxygen atoms in total. The number of nitrogens with zero attached hydrogens (tertiary/aromatic N) is 3. The Bertz CT molecular complexity index is 807. The molecule has 21 heavy (non-hydrogen) atoms. The molecule has 0 spiro atoms. The molecular weight excluding hydrogens is 282 g/mol. The molecule has 0 aliphatic rings. The van der Waals surface area contributed by atoms with E-state index < -0.39 is 0 Å². The van der Waals surface area contributed by atoms with Crippen LogP contribution in [-0.2, 0) is 0 Å². The summed E-state index contributed by atoms with van der Waals surface area (Å²) in [6, 6.07) is 8.46. The summed E-state index contributed by atoms with van der Waals surface area (Å²) in [5.41, 5.74) is 4.32. The van der Waals surface area contributed by atoms with Gasteiger partial charge in [0, 0.05) is 0 Å². The molecule has 0 fully saturated rings. The summed E-state index contributed by atoms with van der Waals surface area (Å²) >= 11 is 4.99. The Morgan fingerprint density at radius 1 is 1.14 bits per heavy atom. The first-order chi connectivity index (χ1) is 10.1. The Kier molecular flexibility index (Phi) is 3.47. The van der Waals surface area contributed by atoms with Gasteiger partial charge in [-0.25, -0.2) is 4.68 Å². The third kappa shape index (κ3) is 2.54. The zero-order valence-corrected chi connectivity index (χ0v) is 13.0. The molecule has 6 heteroatoms. The molecule has 0 bridgehead atoms. The minimum atomic E-state index is 0.443. The standard InChI is InChI=1S/C15H17N5S/c1-9(2)11-4-6-12(7-5-11)20-10(3)13(8-16-20)14-17-15(21)19-18-14/h4-9H,1-3H3,(H2,17,18,19,21). The smallest absolute Gasteiger partial charge is 0.213 e. The number of hydrogen-bond donors (Lipinski definition) is 2. The number of nitrogens with one attached hydrogen (secondary N) is 2. The van der Waals surface area contributed by atoms with Gasteiger partial charge in [-0.2, -0.15) is 10.1 Å². The average molecular weight is 299 g/mol. The molecule has 3 aromatic rings. The molecule has 0 amide bonds. The zero-order valence-electron chi connectivity index (χ0n) is 12.2. The van der Waals surface area contributed by atoms with Crippen LogP contribution in [0.25, 0.3) is 17.1 Å². The Labute approximate surface area is 128 Å². The molecule has 0 radical (unpaired) electrons. The summed E-state index contributed by atoms with van der Waals surface area (Å²) in [6.45, 7) is 6.39. The van der Waals surface area contributed by atoms with Crippen LogP contribution >= 0.6 is 12.2 Å². The van der Waals surface area contributed by atoms with E-state index >= 15 is 0 Å². The Morgan fingerprint density at radius 2 is 1.86 bits per heavy atom. The van der Waals surface area contributed by atoms with Gasteiger partial charge < -0.3 is 0 Å². The number of aromatic nitrogens is 5. The number of H-pyrrole nitrogens is 2. The Hall–Kier alpha value is -2.21. The van der Waals surface area contributed by atoms with Crippen LogP contribution < -0.4 is 0 Å². The van der Waals surface area contributed by atoms with E-state index in [0.29, 0.717) is 16.5 Å². The van der Waals surface area contributed by atoms with Crippen LogP contribution in [0.1, 0.15) is 31.0 Å². The first kappa shape index (κ1) is 13.8. The number of hydrogen-bond acceptors (Lipinski definition) is 3. The fraction of sp³-hybridized carbons (Fsp3) is 0.267. The zero-order chi connectivity index (χ0) is 15.0. The SMILES string of the molecule is Cc1c(-c2nc(=S)[nH][nH]2)cnn1-c1ccc(C(C)C)cc1. The molecule has 0 aliphatic carbocycles. The summed E-state index contributed by atoms with van der Waals surface area (Å²) in [4.78, 5) is 4.24. The Morgan fingerprint density at radius 3 is 2.43 bits per heavy atom. The van der Waals surface area contributed by atoms with E-state index in [1.165, 1.54) is 5.56 Å². The van der Waals surface area contributed by atoms with E-state index in [2.05, 4.69) is 58.4 Å². The van der Waals surface area contributed by atoms with Crippen LogP contribution in [0.5, 0.6) is 0 Å². The van der Waals surface area contributed by atoms with E-state index in [1.807, 2.05) is 11.6 Å². The van der Waals surface area contributed by atoms with Crippen LogP contribution in [0.2, 0.25) is 0 Å². The molecule has 0 atom stereocenters. The van der Waals surface area contributed by atoms with Crippen molar-refractivity contribution in [3.8, 4) is 17.1 Å². The predicted octanol–water partition coefficient (Wildman–Crippen LogP) is 3.75. The van der Waals surface area contributed by atoms with Gasteiger partial charge in [-0.15, -0.1) is 0 Å².